The topological polar surface area (TPSA) is 261 Å². The van der Waals surface area contributed by atoms with E-state index >= 15 is 0 Å². The van der Waals surface area contributed by atoms with Crippen molar-refractivity contribution in [1.29, 1.82) is 0 Å². The third-order valence-corrected chi connectivity index (χ3v) is 18.0. The van der Waals surface area contributed by atoms with Crippen LogP contribution in [0.15, 0.2) is 47.6 Å². The first-order valence-electron chi connectivity index (χ1n) is 33.8. The highest BCUT2D eigenvalue weighted by Gasteiger charge is 2.53. The van der Waals surface area contributed by atoms with Crippen molar-refractivity contribution in [2.45, 2.75) is 200 Å². The summed E-state index contributed by atoms with van der Waals surface area (Å²) in [6, 6.07) is -1.08. The number of ketones is 2. The Morgan fingerprint density at radius 2 is 1.33 bits per heavy atom. The molecule has 0 unspecified atom stereocenters. The predicted molar refractivity (Wildman–Crippen MR) is 343 cm³/mol. The van der Waals surface area contributed by atoms with Crippen molar-refractivity contribution in [2.75, 3.05) is 127 Å². The van der Waals surface area contributed by atoms with Crippen molar-refractivity contribution in [3.05, 3.63) is 47.6 Å². The van der Waals surface area contributed by atoms with Gasteiger partial charge in [-0.2, -0.15) is 0 Å². The lowest BCUT2D eigenvalue weighted by Gasteiger charge is -2.43. The smallest absolute Gasteiger partial charge is 0.407 e. The number of esters is 1. The number of rotatable bonds is 30. The highest BCUT2D eigenvalue weighted by molar-refractivity contribution is 6.39. The van der Waals surface area contributed by atoms with E-state index in [2.05, 4.69) is 5.32 Å². The Labute approximate surface area is 543 Å². The number of amides is 2. The van der Waals surface area contributed by atoms with Gasteiger partial charge in [0.1, 0.15) is 30.5 Å². The number of allylic oxidation sites excluding steroid dienone is 6. The summed E-state index contributed by atoms with van der Waals surface area (Å²) in [5.41, 5.74) is 1.56. The van der Waals surface area contributed by atoms with Gasteiger partial charge in [-0.25, -0.2) is 9.59 Å². The number of aliphatic hydroxyl groups is 2. The molecule has 4 rings (SSSR count). The van der Waals surface area contributed by atoms with E-state index in [1.165, 1.54) is 12.0 Å². The van der Waals surface area contributed by atoms with E-state index in [1.807, 2.05) is 78.0 Å². The Bertz CT molecular complexity index is 2230. The summed E-state index contributed by atoms with van der Waals surface area (Å²) < 4.78 is 74.7. The molecule has 2 saturated heterocycles. The lowest BCUT2D eigenvalue weighted by molar-refractivity contribution is -0.265. The number of nitrogens with zero attached hydrogens (tertiary/aromatic N) is 1. The highest BCUT2D eigenvalue weighted by atomic mass is 16.6. The molecule has 22 heteroatoms. The Morgan fingerprint density at radius 1 is 0.703 bits per heavy atom. The summed E-state index contributed by atoms with van der Waals surface area (Å²) in [4.78, 5) is 71.8. The quantitative estimate of drug-likeness (QED) is 0.0264. The van der Waals surface area contributed by atoms with Gasteiger partial charge in [0.2, 0.25) is 5.79 Å². The molecule has 3 N–H and O–H groups in total. The van der Waals surface area contributed by atoms with Crippen LogP contribution in [0.25, 0.3) is 0 Å². The molecule has 1 saturated carbocycles. The number of hydrogen-bond acceptors (Lipinski definition) is 20. The second kappa shape index (κ2) is 44.6. The number of piperidine rings is 1. The lowest BCUT2D eigenvalue weighted by Crippen LogP contribution is -2.61. The molecule has 0 aromatic heterocycles. The van der Waals surface area contributed by atoms with Crippen molar-refractivity contribution in [3.63, 3.8) is 0 Å². The number of fused-ring (bicyclic) bond motifs is 3. The number of methoxy groups -OCH3 is 3. The molecule has 15 atom stereocenters. The van der Waals surface area contributed by atoms with Gasteiger partial charge in [0.15, 0.2) is 5.78 Å². The summed E-state index contributed by atoms with van der Waals surface area (Å²) in [6.07, 6.45) is 13.8. The van der Waals surface area contributed by atoms with Crippen LogP contribution in [-0.2, 0) is 80.8 Å². The fourth-order valence-corrected chi connectivity index (χ4v) is 12.5. The Hall–Kier alpha value is -4.01. The van der Waals surface area contributed by atoms with Gasteiger partial charge < -0.3 is 82.0 Å². The number of hydrogen-bond donors (Lipinski definition) is 3. The van der Waals surface area contributed by atoms with Crippen LogP contribution in [0.5, 0.6) is 0 Å². The monoisotopic (exact) mass is 1290 g/mol. The molecular weight excluding hydrogens is 1180 g/mol. The molecule has 2 bridgehead atoms. The summed E-state index contributed by atoms with van der Waals surface area (Å²) in [6.45, 7) is 22.3. The molecule has 1 aliphatic carbocycles. The fourth-order valence-electron chi connectivity index (χ4n) is 12.5. The van der Waals surface area contributed by atoms with Crippen LogP contribution in [-0.4, -0.2) is 226 Å². The van der Waals surface area contributed by atoms with Crippen molar-refractivity contribution in [3.8, 4) is 0 Å². The number of cyclic esters (lactones) is 1. The minimum Gasteiger partial charge on any atom is -0.461 e. The average molecular weight is 1290 g/mol. The maximum atomic E-state index is 14.7. The molecule has 0 radical (unpaired) electrons. The Morgan fingerprint density at radius 3 is 1.92 bits per heavy atom. The SMILES string of the molecule is CCOCCOCCOCCOCCOCCOCCOCCNC(=O)O[C@@H]1CC[C@@H](C[C@@H](C)[C@@H]2CC[C@H](C)/C=C(\C)[C@@H](O)[C@@H](OC)C(=O)[C@H](C)C[C@H](C)/C=C/C=C/C=C(\CC)[C@@H](OC)C[C@@H]3CC[C@@H](C)[C@@](O)(O3)C(=O)C(=O)N3CCCC[C@H]3C(=O)O2)C[C@H]1OC. The first kappa shape index (κ1) is 79.4. The number of aliphatic hydroxyl groups excluding tert-OH is 1. The van der Waals surface area contributed by atoms with Crippen molar-refractivity contribution >= 4 is 29.5 Å². The minimum absolute atomic E-state index is 0.0395. The first-order valence-corrected chi connectivity index (χ1v) is 33.8. The predicted octanol–water partition coefficient (Wildman–Crippen LogP) is 8.26. The van der Waals surface area contributed by atoms with Crippen molar-refractivity contribution < 1.29 is 95.8 Å². The number of carbonyl (C=O) groups is 5. The van der Waals surface area contributed by atoms with Gasteiger partial charge in [-0.3, -0.25) is 14.4 Å². The van der Waals surface area contributed by atoms with Crippen LogP contribution in [0.3, 0.4) is 0 Å². The molecule has 91 heavy (non-hydrogen) atoms. The molecular formula is C69H116N2O20. The van der Waals surface area contributed by atoms with E-state index in [1.54, 1.807) is 28.1 Å². The van der Waals surface area contributed by atoms with Crippen LogP contribution in [0.4, 0.5) is 4.79 Å². The Kier molecular flexibility index (Phi) is 38.9. The van der Waals surface area contributed by atoms with Gasteiger partial charge in [-0.05, 0) is 132 Å². The normalized spacial score (nSPS) is 32.1. The molecule has 2 amide bonds. The zero-order valence-electron chi connectivity index (χ0n) is 57.0. The van der Waals surface area contributed by atoms with Crippen molar-refractivity contribution in [1.82, 2.24) is 10.2 Å². The number of alkyl carbamates (subject to hydrolysis) is 1. The zero-order valence-corrected chi connectivity index (χ0v) is 57.0. The van der Waals surface area contributed by atoms with Gasteiger partial charge in [0.05, 0.1) is 104 Å². The van der Waals surface area contributed by atoms with E-state index in [4.69, 9.17) is 61.6 Å². The van der Waals surface area contributed by atoms with Gasteiger partial charge in [-0.15, -0.1) is 0 Å². The molecule has 0 aromatic carbocycles. The molecule has 3 fully saturated rings. The van der Waals surface area contributed by atoms with E-state index in [-0.39, 0.29) is 61.7 Å². The summed E-state index contributed by atoms with van der Waals surface area (Å²) in [7, 11) is 4.65. The van der Waals surface area contributed by atoms with Crippen LogP contribution in [0.1, 0.15) is 145 Å². The molecule has 3 heterocycles. The number of Topliss-reactive ketones (excluding diaryl/α,β-unsaturated/α-hetero) is 2. The Balaban J connectivity index is 1.37. The van der Waals surface area contributed by atoms with E-state index < -0.39 is 84.0 Å². The molecule has 4 aliphatic rings. The third-order valence-electron chi connectivity index (χ3n) is 18.0. The summed E-state index contributed by atoms with van der Waals surface area (Å²) in [5.74, 6) is -6.61. The number of ether oxygens (including phenoxy) is 13. The highest BCUT2D eigenvalue weighted by Crippen LogP contribution is 2.38. The molecule has 0 spiro atoms. The van der Waals surface area contributed by atoms with Crippen LogP contribution < -0.4 is 5.32 Å². The molecule has 22 nitrogen and oxygen atoms in total. The maximum Gasteiger partial charge on any atom is 0.407 e. The number of carbonyl (C=O) groups excluding carboxylic acids is 5. The van der Waals surface area contributed by atoms with Crippen molar-refractivity contribution in [2.24, 2.45) is 35.5 Å². The van der Waals surface area contributed by atoms with E-state index in [9.17, 15) is 34.2 Å². The maximum absolute atomic E-state index is 14.7. The van der Waals surface area contributed by atoms with E-state index in [0.29, 0.717) is 175 Å². The second-order valence-corrected chi connectivity index (χ2v) is 25.0. The van der Waals surface area contributed by atoms with Crippen LogP contribution in [0, 0.1) is 35.5 Å². The van der Waals surface area contributed by atoms with Gasteiger partial charge in [-0.1, -0.05) is 78.0 Å². The standard InChI is InChI=1S/C69H116N2O20/c1-12-55-20-16-14-15-19-48(3)43-51(6)62(72)64(81-11)63(73)52(7)44-49(4)22-26-58(89-67(76)57-21-17-18-29-71(57)66(75)65(74)69(78)53(8)23-25-56(91-69)47-60(55)79-9)50(5)45-54-24-27-59(61(46-54)80-10)90-68(77)70-28-30-83-33-34-85-37-38-87-41-42-88-40-39-86-36-35-84-32-31-82-13-2/h14-16,19-20,44,48-51,53-54,56-61,63-64,73,78H,12-13,17-18,21-43,45-47H2,1-11H3,(H,70,77)/b16-14+,19-15+,52-44+,55-20+/t48-,49+,50-,51-,53-,54+,56+,57+,58+,59-,60+,61-,63-,64+,69-/m1/s1. The molecule has 3 aliphatic heterocycles. The zero-order chi connectivity index (χ0) is 66.6. The molecule has 522 valence electrons. The largest absolute Gasteiger partial charge is 0.461 e. The molecule has 0 aromatic rings. The summed E-state index contributed by atoms with van der Waals surface area (Å²) >= 11 is 0. The number of nitrogens with one attached hydrogen (secondary N) is 1. The first-order chi connectivity index (χ1) is 43.8. The van der Waals surface area contributed by atoms with Crippen LogP contribution in [0.2, 0.25) is 0 Å². The second-order valence-electron chi connectivity index (χ2n) is 25.0. The van der Waals surface area contributed by atoms with Gasteiger partial charge >= 0.3 is 12.1 Å². The van der Waals surface area contributed by atoms with Gasteiger partial charge in [0, 0.05) is 59.3 Å². The third kappa shape index (κ3) is 28.1. The lowest BCUT2D eigenvalue weighted by atomic mass is 9.78. The summed E-state index contributed by atoms with van der Waals surface area (Å²) in [5, 5.41) is 26.6. The minimum atomic E-state index is -2.42. The van der Waals surface area contributed by atoms with E-state index in [0.717, 1.165) is 5.57 Å². The fraction of sp³-hybridized carbons (Fsp3) is 0.812. The van der Waals surface area contributed by atoms with Gasteiger partial charge in [0.25, 0.3) is 11.7 Å². The average Bonchev–Trinajstić information content (AvgIpc) is 0.871. The van der Waals surface area contributed by atoms with Crippen LogP contribution >= 0.6 is 0 Å².